The van der Waals surface area contributed by atoms with Gasteiger partial charge in [0, 0.05) is 32.1 Å². The second kappa shape index (κ2) is 11.7. The van der Waals surface area contributed by atoms with E-state index in [0.29, 0.717) is 18.4 Å². The lowest BCUT2D eigenvalue weighted by Crippen LogP contribution is -2.41. The minimum Gasteiger partial charge on any atom is -0.497 e. The van der Waals surface area contributed by atoms with Crippen LogP contribution in [0.5, 0.6) is 5.75 Å². The van der Waals surface area contributed by atoms with Gasteiger partial charge in [-0.3, -0.25) is 0 Å². The third-order valence-corrected chi connectivity index (χ3v) is 13.3. The summed E-state index contributed by atoms with van der Waals surface area (Å²) in [5.74, 6) is 3.27. The highest BCUT2D eigenvalue weighted by molar-refractivity contribution is 6.74. The maximum Gasteiger partial charge on any atom is 0.193 e. The summed E-state index contributed by atoms with van der Waals surface area (Å²) < 4.78 is 14.6. The van der Waals surface area contributed by atoms with Crippen molar-refractivity contribution in [3.63, 3.8) is 0 Å². The number of hydrogen-bond donors (Lipinski definition) is 0. The van der Waals surface area contributed by atoms with Gasteiger partial charge < -0.3 is 18.6 Å². The van der Waals surface area contributed by atoms with Gasteiger partial charge in [0.2, 0.25) is 0 Å². The summed E-state index contributed by atoms with van der Waals surface area (Å²) in [5.41, 5.74) is 3.23. The van der Waals surface area contributed by atoms with Crippen LogP contribution < -0.4 is 9.64 Å². The zero-order chi connectivity index (χ0) is 28.4. The van der Waals surface area contributed by atoms with Gasteiger partial charge in [-0.15, -0.1) is 0 Å². The summed E-state index contributed by atoms with van der Waals surface area (Å²) >= 11 is 0. The SMILES string of the molecule is COc1ccc(CN(C)c2cc3c(cn2)nc(C(C)O[Si](C)(C)C(C)(C)C)n3C2CCC(CC#N)CC2)cc1. The molecule has 210 valence electrons. The summed E-state index contributed by atoms with van der Waals surface area (Å²) in [6.07, 6.45) is 6.70. The Morgan fingerprint density at radius 1 is 1.15 bits per heavy atom. The van der Waals surface area contributed by atoms with E-state index >= 15 is 0 Å². The predicted octanol–water partition coefficient (Wildman–Crippen LogP) is 7.80. The van der Waals surface area contributed by atoms with E-state index in [1.165, 1.54) is 5.56 Å². The highest BCUT2D eigenvalue weighted by Crippen LogP contribution is 2.42. The molecule has 3 aromatic rings. The first-order valence-electron chi connectivity index (χ1n) is 14.2. The van der Waals surface area contributed by atoms with Crippen molar-refractivity contribution in [2.75, 3.05) is 19.1 Å². The minimum atomic E-state index is -1.99. The van der Waals surface area contributed by atoms with Crippen molar-refractivity contribution in [2.24, 2.45) is 5.92 Å². The summed E-state index contributed by atoms with van der Waals surface area (Å²) in [6.45, 7) is 14.3. The van der Waals surface area contributed by atoms with Crippen molar-refractivity contribution in [1.29, 1.82) is 5.26 Å². The molecule has 8 heteroatoms. The van der Waals surface area contributed by atoms with Gasteiger partial charge in [-0.05, 0) is 74.4 Å². The molecule has 1 aromatic carbocycles. The van der Waals surface area contributed by atoms with Gasteiger partial charge in [-0.2, -0.15) is 5.26 Å². The number of rotatable bonds is 9. The Kier molecular flexibility index (Phi) is 8.72. The average molecular weight is 548 g/mol. The lowest BCUT2D eigenvalue weighted by Gasteiger charge is -2.39. The Hall–Kier alpha value is -2.89. The van der Waals surface area contributed by atoms with Crippen molar-refractivity contribution in [2.45, 2.75) is 96.6 Å². The Balaban J connectivity index is 1.69. The zero-order valence-electron chi connectivity index (χ0n) is 25.0. The van der Waals surface area contributed by atoms with E-state index in [0.717, 1.165) is 60.7 Å². The Morgan fingerprint density at radius 2 is 1.82 bits per heavy atom. The second-order valence-corrected chi connectivity index (χ2v) is 17.4. The smallest absolute Gasteiger partial charge is 0.193 e. The standard InChI is InChI=1S/C31H45N5O2Si/c1-22(38-39(7,8)31(2,3)4)30-34-27-20-33-29(35(5)21-24-11-15-26(37-6)16-12-24)19-28(27)36(30)25-13-9-23(10-14-25)17-18-32/h11-12,15-16,19-20,22-23,25H,9-10,13-14,17,21H2,1-8H3. The van der Waals surface area contributed by atoms with Gasteiger partial charge in [0.05, 0.1) is 24.9 Å². The van der Waals surface area contributed by atoms with Crippen molar-refractivity contribution >= 4 is 25.2 Å². The fraction of sp³-hybridized carbons (Fsp3) is 0.581. The molecule has 7 nitrogen and oxygen atoms in total. The van der Waals surface area contributed by atoms with Crippen LogP contribution in [0.1, 0.15) is 83.3 Å². The van der Waals surface area contributed by atoms with E-state index in [1.807, 2.05) is 18.3 Å². The fourth-order valence-electron chi connectivity index (χ4n) is 5.38. The number of aromatic nitrogens is 3. The van der Waals surface area contributed by atoms with Crippen molar-refractivity contribution in [3.05, 3.63) is 47.9 Å². The van der Waals surface area contributed by atoms with Gasteiger partial charge in [0.25, 0.3) is 0 Å². The third kappa shape index (κ3) is 6.47. The van der Waals surface area contributed by atoms with Gasteiger partial charge in [-0.25, -0.2) is 9.97 Å². The van der Waals surface area contributed by atoms with E-state index in [1.54, 1.807) is 7.11 Å². The Morgan fingerprint density at radius 3 is 2.41 bits per heavy atom. The molecule has 1 aliphatic carbocycles. The average Bonchev–Trinajstić information content (AvgIpc) is 3.28. The highest BCUT2D eigenvalue weighted by atomic mass is 28.4. The molecule has 0 bridgehead atoms. The molecule has 4 rings (SSSR count). The third-order valence-electron chi connectivity index (χ3n) is 8.76. The summed E-state index contributed by atoms with van der Waals surface area (Å²) in [5, 5.41) is 9.34. The molecule has 1 atom stereocenters. The molecular weight excluding hydrogens is 502 g/mol. The number of methoxy groups -OCH3 is 1. The van der Waals surface area contributed by atoms with Gasteiger partial charge >= 0.3 is 0 Å². The van der Waals surface area contributed by atoms with Crippen LogP contribution in [0.2, 0.25) is 18.1 Å². The number of anilines is 1. The number of pyridine rings is 1. The molecule has 1 saturated carbocycles. The lowest BCUT2D eigenvalue weighted by atomic mass is 9.84. The lowest BCUT2D eigenvalue weighted by molar-refractivity contribution is 0.180. The highest BCUT2D eigenvalue weighted by Gasteiger charge is 2.40. The molecule has 0 N–H and O–H groups in total. The van der Waals surface area contributed by atoms with Crippen LogP contribution in [0, 0.1) is 17.2 Å². The first-order chi connectivity index (χ1) is 18.4. The topological polar surface area (TPSA) is 76.2 Å². The monoisotopic (exact) mass is 547 g/mol. The second-order valence-electron chi connectivity index (χ2n) is 12.6. The maximum atomic E-state index is 9.22. The van der Waals surface area contributed by atoms with Crippen LogP contribution in [-0.2, 0) is 11.0 Å². The van der Waals surface area contributed by atoms with E-state index in [9.17, 15) is 5.26 Å². The van der Waals surface area contributed by atoms with E-state index in [2.05, 4.69) is 81.6 Å². The fourth-order valence-corrected chi connectivity index (χ4v) is 6.72. The molecular formula is C31H45N5O2Si. The number of nitrogens with zero attached hydrogens (tertiary/aromatic N) is 5. The largest absolute Gasteiger partial charge is 0.497 e. The van der Waals surface area contributed by atoms with Crippen LogP contribution in [0.3, 0.4) is 0 Å². The number of fused-ring (bicyclic) bond motifs is 1. The van der Waals surface area contributed by atoms with Crippen LogP contribution in [-0.4, -0.2) is 37.0 Å². The first-order valence-corrected chi connectivity index (χ1v) is 17.1. The molecule has 1 unspecified atom stereocenters. The van der Waals surface area contributed by atoms with Gasteiger partial charge in [0.1, 0.15) is 29.0 Å². The zero-order valence-corrected chi connectivity index (χ0v) is 26.0. The molecule has 1 fully saturated rings. The van der Waals surface area contributed by atoms with E-state index in [-0.39, 0.29) is 11.1 Å². The van der Waals surface area contributed by atoms with Crippen LogP contribution >= 0.6 is 0 Å². The number of benzene rings is 1. The molecule has 0 amide bonds. The number of ether oxygens (including phenoxy) is 1. The van der Waals surface area contributed by atoms with Crippen molar-refractivity contribution in [3.8, 4) is 11.8 Å². The van der Waals surface area contributed by atoms with Gasteiger partial charge in [-0.1, -0.05) is 32.9 Å². The Labute approximate surface area is 235 Å². The van der Waals surface area contributed by atoms with Crippen molar-refractivity contribution in [1.82, 2.24) is 14.5 Å². The van der Waals surface area contributed by atoms with Crippen LogP contribution in [0.15, 0.2) is 36.5 Å². The van der Waals surface area contributed by atoms with Crippen LogP contribution in [0.4, 0.5) is 5.82 Å². The summed E-state index contributed by atoms with van der Waals surface area (Å²) in [4.78, 5) is 12.1. The first kappa shape index (κ1) is 29.1. The predicted molar refractivity (Wildman–Crippen MR) is 161 cm³/mol. The Bertz CT molecular complexity index is 1300. The van der Waals surface area contributed by atoms with E-state index in [4.69, 9.17) is 19.1 Å². The maximum absolute atomic E-state index is 9.22. The molecule has 0 aliphatic heterocycles. The summed E-state index contributed by atoms with van der Waals surface area (Å²) in [6, 6.07) is 13.1. The molecule has 0 radical (unpaired) electrons. The minimum absolute atomic E-state index is 0.115. The molecule has 0 spiro atoms. The molecule has 1 aliphatic rings. The molecule has 39 heavy (non-hydrogen) atoms. The number of hydrogen-bond acceptors (Lipinski definition) is 6. The number of imidazole rings is 1. The molecule has 2 aromatic heterocycles. The molecule has 2 heterocycles. The van der Waals surface area contributed by atoms with E-state index < -0.39 is 8.32 Å². The number of nitriles is 1. The quantitative estimate of drug-likeness (QED) is 0.254. The normalized spacial score (nSPS) is 19.1. The van der Waals surface area contributed by atoms with Gasteiger partial charge in [0.15, 0.2) is 8.32 Å². The van der Waals surface area contributed by atoms with Crippen LogP contribution in [0.25, 0.3) is 11.0 Å². The van der Waals surface area contributed by atoms with Crippen molar-refractivity contribution < 1.29 is 9.16 Å². The molecule has 0 saturated heterocycles. The summed E-state index contributed by atoms with van der Waals surface area (Å²) in [7, 11) is 1.77.